The van der Waals surface area contributed by atoms with E-state index in [0.717, 1.165) is 16.1 Å². The number of fused-ring (bicyclic) bond motifs is 1. The molecule has 0 saturated heterocycles. The average Bonchev–Trinajstić information content (AvgIpc) is 2.68. The molecule has 1 aliphatic rings. The highest BCUT2D eigenvalue weighted by Crippen LogP contribution is 2.36. The zero-order valence-electron chi connectivity index (χ0n) is 16.6. The van der Waals surface area contributed by atoms with Crippen LogP contribution in [0.4, 0.5) is 11.4 Å². The number of nitrogens with one attached hydrogen (secondary N) is 2. The molecule has 0 radical (unpaired) electrons. The summed E-state index contributed by atoms with van der Waals surface area (Å²) in [6.07, 6.45) is -1.07. The first kappa shape index (κ1) is 20.9. The van der Waals surface area contributed by atoms with E-state index < -0.39 is 23.2 Å². The predicted octanol–water partition coefficient (Wildman–Crippen LogP) is 4.18. The standard InChI is InChI=1S/C22H24N2O4S/c1-13(2)15-8-4-5-9-16(15)23-21(26)14(3)28-20(25)12-19-22(27)24-17-10-6-7-11-18(17)29-19/h4-11,13-14,19H,12H2,1-3H3,(H,23,26)(H,24,27)/t14-,19-/m0/s1. The second kappa shape index (κ2) is 9.13. The lowest BCUT2D eigenvalue weighted by atomic mass is 10.0. The molecule has 0 bridgehead atoms. The van der Waals surface area contributed by atoms with Gasteiger partial charge in [0.2, 0.25) is 5.91 Å². The van der Waals surface area contributed by atoms with Crippen LogP contribution in [-0.2, 0) is 19.1 Å². The lowest BCUT2D eigenvalue weighted by Crippen LogP contribution is -2.34. The second-order valence-electron chi connectivity index (χ2n) is 7.16. The Morgan fingerprint density at radius 2 is 1.79 bits per heavy atom. The van der Waals surface area contributed by atoms with Crippen LogP contribution in [0.25, 0.3) is 0 Å². The molecule has 0 spiro atoms. The molecule has 0 saturated carbocycles. The molecule has 0 aromatic heterocycles. The molecule has 1 heterocycles. The summed E-state index contributed by atoms with van der Waals surface area (Å²) in [5, 5.41) is 5.03. The summed E-state index contributed by atoms with van der Waals surface area (Å²) in [5.74, 6) is -0.989. The highest BCUT2D eigenvalue weighted by Gasteiger charge is 2.30. The number of hydrogen-bond donors (Lipinski definition) is 2. The molecule has 2 amide bonds. The summed E-state index contributed by atoms with van der Waals surface area (Å²) in [7, 11) is 0. The van der Waals surface area contributed by atoms with Gasteiger partial charge in [-0.15, -0.1) is 11.8 Å². The van der Waals surface area contributed by atoms with Crippen LogP contribution >= 0.6 is 11.8 Å². The number of amides is 2. The molecular weight excluding hydrogens is 388 g/mol. The third-order valence-corrected chi connectivity index (χ3v) is 5.85. The van der Waals surface area contributed by atoms with Gasteiger partial charge in [0.25, 0.3) is 5.91 Å². The molecule has 3 rings (SSSR count). The minimum absolute atomic E-state index is 0.106. The summed E-state index contributed by atoms with van der Waals surface area (Å²) in [5.41, 5.74) is 2.45. The number of thioether (sulfide) groups is 1. The third kappa shape index (κ3) is 5.17. The van der Waals surface area contributed by atoms with Gasteiger partial charge < -0.3 is 15.4 Å². The second-order valence-corrected chi connectivity index (χ2v) is 8.40. The Hall–Kier alpha value is -2.80. The van der Waals surface area contributed by atoms with Gasteiger partial charge in [-0.1, -0.05) is 44.2 Å². The summed E-state index contributed by atoms with van der Waals surface area (Å²) in [4.78, 5) is 37.9. The van der Waals surface area contributed by atoms with Crippen LogP contribution in [0.1, 0.15) is 38.7 Å². The van der Waals surface area contributed by atoms with Crippen molar-refractivity contribution in [2.24, 2.45) is 0 Å². The fourth-order valence-electron chi connectivity index (χ4n) is 3.03. The van der Waals surface area contributed by atoms with Crippen molar-refractivity contribution in [2.75, 3.05) is 10.6 Å². The molecule has 1 aliphatic heterocycles. The van der Waals surface area contributed by atoms with Gasteiger partial charge >= 0.3 is 5.97 Å². The minimum atomic E-state index is -0.966. The Balaban J connectivity index is 1.57. The van der Waals surface area contributed by atoms with Crippen LogP contribution in [0.3, 0.4) is 0 Å². The van der Waals surface area contributed by atoms with E-state index in [-0.39, 0.29) is 18.2 Å². The quantitative estimate of drug-likeness (QED) is 0.695. The van der Waals surface area contributed by atoms with E-state index in [4.69, 9.17) is 4.74 Å². The fourth-order valence-corrected chi connectivity index (χ4v) is 4.12. The third-order valence-electron chi connectivity index (χ3n) is 4.58. The van der Waals surface area contributed by atoms with E-state index in [0.29, 0.717) is 5.69 Å². The number of carbonyl (C=O) groups is 3. The molecule has 6 nitrogen and oxygen atoms in total. The van der Waals surface area contributed by atoms with Crippen LogP contribution < -0.4 is 10.6 Å². The van der Waals surface area contributed by atoms with Crippen LogP contribution in [-0.4, -0.2) is 29.1 Å². The van der Waals surface area contributed by atoms with Crippen LogP contribution in [0.5, 0.6) is 0 Å². The molecule has 0 unspecified atom stereocenters. The Kier molecular flexibility index (Phi) is 6.59. The largest absolute Gasteiger partial charge is 0.452 e. The van der Waals surface area contributed by atoms with Crippen LogP contribution in [0.2, 0.25) is 0 Å². The van der Waals surface area contributed by atoms with Crippen molar-refractivity contribution in [2.45, 2.75) is 49.4 Å². The summed E-state index contributed by atoms with van der Waals surface area (Å²) < 4.78 is 5.28. The van der Waals surface area contributed by atoms with Gasteiger partial charge in [0.15, 0.2) is 6.10 Å². The summed E-state index contributed by atoms with van der Waals surface area (Å²) in [6.45, 7) is 5.60. The average molecular weight is 413 g/mol. The van der Waals surface area contributed by atoms with Gasteiger partial charge in [-0.3, -0.25) is 14.4 Å². The Bertz CT molecular complexity index is 929. The van der Waals surface area contributed by atoms with E-state index >= 15 is 0 Å². The number of anilines is 2. The maximum atomic E-state index is 12.5. The van der Waals surface area contributed by atoms with Gasteiger partial charge in [0.1, 0.15) is 0 Å². The number of hydrogen-bond acceptors (Lipinski definition) is 5. The number of rotatable bonds is 6. The number of ether oxygens (including phenoxy) is 1. The molecule has 152 valence electrons. The first-order chi connectivity index (χ1) is 13.8. The molecule has 0 fully saturated rings. The monoisotopic (exact) mass is 412 g/mol. The van der Waals surface area contributed by atoms with Gasteiger partial charge in [-0.2, -0.15) is 0 Å². The zero-order valence-corrected chi connectivity index (χ0v) is 17.4. The smallest absolute Gasteiger partial charge is 0.308 e. The summed E-state index contributed by atoms with van der Waals surface area (Å²) >= 11 is 1.32. The topological polar surface area (TPSA) is 84.5 Å². The Labute approximate surface area is 174 Å². The van der Waals surface area contributed by atoms with Gasteiger partial charge in [0.05, 0.1) is 17.4 Å². The van der Waals surface area contributed by atoms with E-state index in [1.165, 1.54) is 18.7 Å². The molecule has 2 aromatic rings. The number of carbonyl (C=O) groups excluding carboxylic acids is 3. The van der Waals surface area contributed by atoms with Crippen molar-refractivity contribution in [1.82, 2.24) is 0 Å². The summed E-state index contributed by atoms with van der Waals surface area (Å²) in [6, 6.07) is 15.0. The van der Waals surface area contributed by atoms with Crippen LogP contribution in [0, 0.1) is 0 Å². The fraction of sp³-hybridized carbons (Fsp3) is 0.318. The molecule has 2 aromatic carbocycles. The number of esters is 1. The van der Waals surface area contributed by atoms with E-state index in [1.54, 1.807) is 0 Å². The molecule has 29 heavy (non-hydrogen) atoms. The zero-order chi connectivity index (χ0) is 21.0. The highest BCUT2D eigenvalue weighted by molar-refractivity contribution is 8.01. The number of benzene rings is 2. The van der Waals surface area contributed by atoms with Gasteiger partial charge in [-0.25, -0.2) is 0 Å². The first-order valence-electron chi connectivity index (χ1n) is 9.51. The highest BCUT2D eigenvalue weighted by atomic mass is 32.2. The van der Waals surface area contributed by atoms with Gasteiger partial charge in [0, 0.05) is 10.6 Å². The van der Waals surface area contributed by atoms with Crippen molar-refractivity contribution in [1.29, 1.82) is 0 Å². The van der Waals surface area contributed by atoms with Crippen LogP contribution in [0.15, 0.2) is 53.4 Å². The van der Waals surface area contributed by atoms with E-state index in [1.807, 2.05) is 62.4 Å². The molecule has 2 N–H and O–H groups in total. The molecular formula is C22H24N2O4S. The lowest BCUT2D eigenvalue weighted by Gasteiger charge is -2.24. The van der Waals surface area contributed by atoms with Crippen molar-refractivity contribution in [3.05, 3.63) is 54.1 Å². The molecule has 0 aliphatic carbocycles. The normalized spacial score (nSPS) is 16.6. The van der Waals surface area contributed by atoms with Gasteiger partial charge in [-0.05, 0) is 36.6 Å². The molecule has 2 atom stereocenters. The predicted molar refractivity (Wildman–Crippen MR) is 114 cm³/mol. The first-order valence-corrected chi connectivity index (χ1v) is 10.4. The Morgan fingerprint density at radius 1 is 1.10 bits per heavy atom. The van der Waals surface area contributed by atoms with Crippen molar-refractivity contribution >= 4 is 40.9 Å². The number of para-hydroxylation sites is 2. The van der Waals surface area contributed by atoms with Crippen molar-refractivity contribution < 1.29 is 19.1 Å². The van der Waals surface area contributed by atoms with Crippen molar-refractivity contribution in [3.8, 4) is 0 Å². The SMILES string of the molecule is CC(C)c1ccccc1NC(=O)[C@H](C)OC(=O)C[C@@H]1Sc2ccccc2NC1=O. The van der Waals surface area contributed by atoms with Crippen molar-refractivity contribution in [3.63, 3.8) is 0 Å². The van der Waals surface area contributed by atoms with E-state index in [2.05, 4.69) is 10.6 Å². The Morgan fingerprint density at radius 3 is 2.55 bits per heavy atom. The molecule has 7 heteroatoms. The lowest BCUT2D eigenvalue weighted by molar-refractivity contribution is -0.153. The maximum Gasteiger partial charge on any atom is 0.308 e. The minimum Gasteiger partial charge on any atom is -0.452 e. The van der Waals surface area contributed by atoms with E-state index in [9.17, 15) is 14.4 Å². The maximum absolute atomic E-state index is 12.5.